The molecule has 0 aliphatic rings. The maximum atomic E-state index is 12.4. The molecule has 6 nitrogen and oxygen atoms in total. The van der Waals surface area contributed by atoms with Crippen molar-refractivity contribution < 1.29 is 24.5 Å². The van der Waals surface area contributed by atoms with Crippen molar-refractivity contribution in [2.75, 3.05) is 13.2 Å². The standard InChI is InChI=1S/C66H129NO5/c1-3-5-7-9-11-13-15-17-18-33-36-40-44-48-52-56-60-66(71)72-61-57-53-49-45-41-37-34-31-29-27-25-23-21-19-20-22-24-26-28-30-32-35-39-43-47-51-55-59-65(70)67-63(62-68)64(69)58-54-50-46-42-38-16-14-12-10-8-6-4-2/h54,58,63-64,68-69H,3-53,55-57,59-62H2,1-2H3,(H,67,70)/b58-54+. The molecule has 0 radical (unpaired) electrons. The SMILES string of the molecule is CCCCCCCCCCCC/C=C/C(O)C(CO)NC(=O)CCCCCCCCCCCCCCCCCCCCCCCCCCCCCOC(=O)CCCCCCCCCCCCCCCCCC. The molecule has 0 aromatic heterocycles. The minimum atomic E-state index is -0.840. The topological polar surface area (TPSA) is 95.9 Å². The van der Waals surface area contributed by atoms with Crippen molar-refractivity contribution >= 4 is 11.9 Å². The summed E-state index contributed by atoms with van der Waals surface area (Å²) in [6.45, 7) is 4.93. The van der Waals surface area contributed by atoms with Crippen molar-refractivity contribution in [3.63, 3.8) is 0 Å². The summed E-state index contributed by atoms with van der Waals surface area (Å²) in [5.41, 5.74) is 0. The highest BCUT2D eigenvalue weighted by Gasteiger charge is 2.18. The Morgan fingerprint density at radius 1 is 0.375 bits per heavy atom. The molecule has 0 aromatic rings. The molecule has 0 bridgehead atoms. The van der Waals surface area contributed by atoms with Gasteiger partial charge in [-0.2, -0.15) is 0 Å². The average Bonchev–Trinajstić information content (AvgIpc) is 3.38. The summed E-state index contributed by atoms with van der Waals surface area (Å²) in [6.07, 6.45) is 75.6. The number of hydrogen-bond acceptors (Lipinski definition) is 5. The number of carbonyl (C=O) groups excluding carboxylic acids is 2. The molecular weight excluding hydrogens is 887 g/mol. The summed E-state index contributed by atoms with van der Waals surface area (Å²) in [6, 6.07) is -0.624. The van der Waals surface area contributed by atoms with Crippen molar-refractivity contribution in [1.29, 1.82) is 0 Å². The Morgan fingerprint density at radius 2 is 0.639 bits per heavy atom. The molecule has 0 aliphatic heterocycles. The first-order chi connectivity index (χ1) is 35.5. The minimum Gasteiger partial charge on any atom is -0.466 e. The zero-order chi connectivity index (χ0) is 52.2. The predicted molar refractivity (Wildman–Crippen MR) is 315 cm³/mol. The van der Waals surface area contributed by atoms with E-state index in [4.69, 9.17) is 4.74 Å². The fraction of sp³-hybridized carbons (Fsp3) is 0.939. The van der Waals surface area contributed by atoms with Crippen LogP contribution in [0.1, 0.15) is 373 Å². The average molecular weight is 1020 g/mol. The van der Waals surface area contributed by atoms with Gasteiger partial charge in [-0.3, -0.25) is 9.59 Å². The molecule has 2 atom stereocenters. The molecule has 0 spiro atoms. The maximum absolute atomic E-state index is 12.4. The Morgan fingerprint density at radius 3 is 0.944 bits per heavy atom. The Kier molecular flexibility index (Phi) is 60.9. The van der Waals surface area contributed by atoms with E-state index in [9.17, 15) is 19.8 Å². The van der Waals surface area contributed by atoms with Gasteiger partial charge in [-0.05, 0) is 32.1 Å². The lowest BCUT2D eigenvalue weighted by atomic mass is 10.0. The van der Waals surface area contributed by atoms with E-state index in [-0.39, 0.29) is 18.5 Å². The number of hydrogen-bond donors (Lipinski definition) is 3. The molecule has 0 saturated carbocycles. The Balaban J connectivity index is 3.33. The molecule has 0 aliphatic carbocycles. The molecule has 0 rings (SSSR count). The van der Waals surface area contributed by atoms with E-state index in [1.165, 1.54) is 308 Å². The van der Waals surface area contributed by atoms with Crippen LogP contribution in [0.25, 0.3) is 0 Å². The lowest BCUT2D eigenvalue weighted by Gasteiger charge is -2.20. The highest BCUT2D eigenvalue weighted by molar-refractivity contribution is 5.76. The van der Waals surface area contributed by atoms with E-state index in [1.807, 2.05) is 6.08 Å². The lowest BCUT2D eigenvalue weighted by molar-refractivity contribution is -0.143. The zero-order valence-corrected chi connectivity index (χ0v) is 48.9. The third-order valence-corrected chi connectivity index (χ3v) is 15.6. The van der Waals surface area contributed by atoms with Crippen LogP contribution in [0, 0.1) is 0 Å². The molecule has 1 amide bonds. The normalized spacial score (nSPS) is 12.6. The van der Waals surface area contributed by atoms with Gasteiger partial charge in [0.2, 0.25) is 5.91 Å². The van der Waals surface area contributed by atoms with Crippen LogP contribution in [0.3, 0.4) is 0 Å². The number of ether oxygens (including phenoxy) is 1. The highest BCUT2D eigenvalue weighted by Crippen LogP contribution is 2.19. The molecule has 0 saturated heterocycles. The summed E-state index contributed by atoms with van der Waals surface area (Å²) in [7, 11) is 0. The molecule has 2 unspecified atom stereocenters. The largest absolute Gasteiger partial charge is 0.466 e. The van der Waals surface area contributed by atoms with E-state index < -0.39 is 12.1 Å². The smallest absolute Gasteiger partial charge is 0.305 e. The highest BCUT2D eigenvalue weighted by atomic mass is 16.5. The molecule has 6 heteroatoms. The first kappa shape index (κ1) is 70.6. The summed E-state index contributed by atoms with van der Waals surface area (Å²) < 4.78 is 5.50. The number of unbranched alkanes of at least 4 members (excludes halogenated alkanes) is 51. The van der Waals surface area contributed by atoms with Crippen molar-refractivity contribution in [1.82, 2.24) is 5.32 Å². The zero-order valence-electron chi connectivity index (χ0n) is 48.9. The Bertz CT molecular complexity index is 1080. The van der Waals surface area contributed by atoms with Gasteiger partial charge in [-0.25, -0.2) is 0 Å². The number of amides is 1. The second kappa shape index (κ2) is 62.1. The summed E-state index contributed by atoms with van der Waals surface area (Å²) in [5.74, 6) is -0.0423. The number of rotatable bonds is 62. The van der Waals surface area contributed by atoms with Gasteiger partial charge >= 0.3 is 5.97 Å². The quantitative estimate of drug-likeness (QED) is 0.0320. The Labute approximate surface area is 450 Å². The van der Waals surface area contributed by atoms with Gasteiger partial charge in [0.25, 0.3) is 0 Å². The third kappa shape index (κ3) is 57.9. The number of esters is 1. The van der Waals surface area contributed by atoms with E-state index >= 15 is 0 Å². The lowest BCUT2D eigenvalue weighted by Crippen LogP contribution is -2.45. The van der Waals surface area contributed by atoms with E-state index in [0.717, 1.165) is 38.5 Å². The second-order valence-corrected chi connectivity index (χ2v) is 22.8. The van der Waals surface area contributed by atoms with Crippen molar-refractivity contribution in [3.8, 4) is 0 Å². The van der Waals surface area contributed by atoms with Crippen molar-refractivity contribution in [2.45, 2.75) is 386 Å². The number of nitrogens with one attached hydrogen (secondary N) is 1. The number of aliphatic hydroxyl groups excluding tert-OH is 2. The van der Waals surface area contributed by atoms with Gasteiger partial charge in [-0.15, -0.1) is 0 Å². The molecule has 0 aromatic carbocycles. The number of aliphatic hydroxyl groups is 2. The van der Waals surface area contributed by atoms with Crippen LogP contribution in [0.15, 0.2) is 12.2 Å². The molecular formula is C66H129NO5. The fourth-order valence-electron chi connectivity index (χ4n) is 10.5. The van der Waals surface area contributed by atoms with Crippen LogP contribution in [-0.2, 0) is 14.3 Å². The van der Waals surface area contributed by atoms with Crippen LogP contribution in [-0.4, -0.2) is 47.4 Å². The van der Waals surface area contributed by atoms with Gasteiger partial charge < -0.3 is 20.3 Å². The first-order valence-corrected chi connectivity index (χ1v) is 33.0. The van der Waals surface area contributed by atoms with E-state index in [2.05, 4.69) is 19.2 Å². The summed E-state index contributed by atoms with van der Waals surface area (Å²) in [5, 5.41) is 23.1. The molecule has 72 heavy (non-hydrogen) atoms. The number of carbonyl (C=O) groups is 2. The number of allylic oxidation sites excluding steroid dienone is 1. The molecule has 3 N–H and O–H groups in total. The van der Waals surface area contributed by atoms with E-state index in [1.54, 1.807) is 6.08 Å². The first-order valence-electron chi connectivity index (χ1n) is 33.0. The third-order valence-electron chi connectivity index (χ3n) is 15.6. The van der Waals surface area contributed by atoms with Gasteiger partial charge in [0.05, 0.1) is 25.4 Å². The van der Waals surface area contributed by atoms with E-state index in [0.29, 0.717) is 19.4 Å². The summed E-state index contributed by atoms with van der Waals surface area (Å²) in [4.78, 5) is 24.5. The van der Waals surface area contributed by atoms with Gasteiger partial charge in [0.1, 0.15) is 0 Å². The maximum Gasteiger partial charge on any atom is 0.305 e. The van der Waals surface area contributed by atoms with Crippen molar-refractivity contribution in [3.05, 3.63) is 12.2 Å². The van der Waals surface area contributed by atoms with Crippen LogP contribution in [0.2, 0.25) is 0 Å². The predicted octanol–water partition coefficient (Wildman–Crippen LogP) is 20.8. The minimum absolute atomic E-state index is 0.0218. The van der Waals surface area contributed by atoms with Crippen LogP contribution < -0.4 is 5.32 Å². The Hall–Kier alpha value is -1.40. The molecule has 0 heterocycles. The van der Waals surface area contributed by atoms with Gasteiger partial charge in [-0.1, -0.05) is 341 Å². The monoisotopic (exact) mass is 1020 g/mol. The van der Waals surface area contributed by atoms with Crippen LogP contribution in [0.5, 0.6) is 0 Å². The van der Waals surface area contributed by atoms with Crippen LogP contribution >= 0.6 is 0 Å². The fourth-order valence-corrected chi connectivity index (χ4v) is 10.5. The van der Waals surface area contributed by atoms with Gasteiger partial charge in [0, 0.05) is 12.8 Å². The molecule has 428 valence electrons. The summed E-state index contributed by atoms with van der Waals surface area (Å²) >= 11 is 0. The van der Waals surface area contributed by atoms with Crippen LogP contribution in [0.4, 0.5) is 0 Å². The van der Waals surface area contributed by atoms with Gasteiger partial charge in [0.15, 0.2) is 0 Å². The second-order valence-electron chi connectivity index (χ2n) is 22.8. The van der Waals surface area contributed by atoms with Crippen molar-refractivity contribution in [2.24, 2.45) is 0 Å². The molecule has 0 fully saturated rings.